The minimum absolute atomic E-state index is 0.0140. The molecule has 0 aliphatic heterocycles. The second-order valence-corrected chi connectivity index (χ2v) is 15.5. The van der Waals surface area contributed by atoms with E-state index in [0.29, 0.717) is 19.6 Å². The molecule has 0 aromatic rings. The van der Waals surface area contributed by atoms with Gasteiger partial charge in [0.25, 0.3) is 0 Å². The van der Waals surface area contributed by atoms with E-state index in [0.717, 1.165) is 25.7 Å². The minimum Gasteiger partial charge on any atom is -0.446 e. The second kappa shape index (κ2) is 38.2. The smallest absolute Gasteiger partial charge is 0.407 e. The third kappa shape index (κ3) is 38.0. The van der Waals surface area contributed by atoms with Crippen LogP contribution in [-0.2, 0) is 9.47 Å². The van der Waals surface area contributed by atoms with Crippen molar-refractivity contribution in [1.29, 1.82) is 0 Å². The molecule has 49 heavy (non-hydrogen) atoms. The first kappa shape index (κ1) is 47.9. The molecule has 0 bridgehead atoms. The van der Waals surface area contributed by atoms with Crippen LogP contribution in [0.15, 0.2) is 12.2 Å². The van der Waals surface area contributed by atoms with E-state index in [9.17, 15) is 9.90 Å². The number of rotatable bonds is 39. The molecular formula is C44H87NO4. The Morgan fingerprint density at radius 1 is 0.571 bits per heavy atom. The van der Waals surface area contributed by atoms with Crippen molar-refractivity contribution >= 4 is 6.09 Å². The molecule has 0 spiro atoms. The third-order valence-corrected chi connectivity index (χ3v) is 9.91. The molecule has 0 heterocycles. The van der Waals surface area contributed by atoms with Gasteiger partial charge in [-0.3, -0.25) is 0 Å². The summed E-state index contributed by atoms with van der Waals surface area (Å²) >= 11 is 0. The Balaban J connectivity index is 4.10. The number of amides is 1. The molecule has 5 nitrogen and oxygen atoms in total. The summed E-state index contributed by atoms with van der Waals surface area (Å²) in [5.74, 6) is 0. The van der Waals surface area contributed by atoms with Crippen molar-refractivity contribution in [2.75, 3.05) is 19.8 Å². The van der Waals surface area contributed by atoms with Crippen molar-refractivity contribution in [1.82, 2.24) is 5.32 Å². The average Bonchev–Trinajstić information content (AvgIpc) is 3.09. The number of unbranched alkanes of at least 4 members (excludes halogenated alkanes) is 26. The first-order chi connectivity index (χ1) is 23.9. The highest BCUT2D eigenvalue weighted by Gasteiger charge is 2.17. The lowest BCUT2D eigenvalue weighted by molar-refractivity contribution is -0.0539. The summed E-state index contributed by atoms with van der Waals surface area (Å²) in [5, 5.41) is 12.3. The first-order valence-corrected chi connectivity index (χ1v) is 21.8. The Bertz CT molecular complexity index is 694. The van der Waals surface area contributed by atoms with Crippen LogP contribution in [0.4, 0.5) is 4.79 Å². The van der Waals surface area contributed by atoms with Gasteiger partial charge in [0.2, 0.25) is 0 Å². The van der Waals surface area contributed by atoms with Crippen LogP contribution in [0, 0.1) is 0 Å². The van der Waals surface area contributed by atoms with Gasteiger partial charge < -0.3 is 19.9 Å². The second-order valence-electron chi connectivity index (χ2n) is 15.5. The van der Waals surface area contributed by atoms with Crippen LogP contribution in [0.3, 0.4) is 0 Å². The Morgan fingerprint density at radius 2 is 0.939 bits per heavy atom. The van der Waals surface area contributed by atoms with E-state index in [4.69, 9.17) is 9.47 Å². The summed E-state index contributed by atoms with van der Waals surface area (Å²) < 4.78 is 11.6. The fourth-order valence-electron chi connectivity index (χ4n) is 6.47. The average molecular weight is 694 g/mol. The van der Waals surface area contributed by atoms with Gasteiger partial charge in [-0.25, -0.2) is 4.79 Å². The molecule has 1 unspecified atom stereocenters. The van der Waals surface area contributed by atoms with Gasteiger partial charge in [-0.2, -0.15) is 0 Å². The maximum Gasteiger partial charge on any atom is 0.407 e. The van der Waals surface area contributed by atoms with Crippen molar-refractivity contribution in [3.05, 3.63) is 12.2 Å². The summed E-state index contributed by atoms with van der Waals surface area (Å²) in [5.41, 5.74) is -0.539. The number of carbonyl (C=O) groups is 1. The molecule has 0 aromatic heterocycles. The van der Waals surface area contributed by atoms with E-state index >= 15 is 0 Å². The van der Waals surface area contributed by atoms with E-state index in [1.165, 1.54) is 173 Å². The molecule has 0 aromatic carbocycles. The Labute approximate surface area is 306 Å². The topological polar surface area (TPSA) is 67.8 Å². The minimum atomic E-state index is -0.539. The van der Waals surface area contributed by atoms with Crippen LogP contribution in [0.2, 0.25) is 0 Å². The Kier molecular flexibility index (Phi) is 37.3. The van der Waals surface area contributed by atoms with Gasteiger partial charge in [0, 0.05) is 13.2 Å². The standard InChI is InChI=1S/C44H87NO4/c1-5-7-9-11-13-15-17-19-21-23-25-27-29-31-33-35-38-42(49-43(47)45-39-36-40-48-44(3,4)41-46)37-34-32-30-28-26-24-22-20-18-16-14-12-10-8-6-2/h20,22,42,46H,5-19,21,23-41H2,1-4H3,(H,45,47)/b22-20-. The molecule has 0 aliphatic rings. The fraction of sp³-hybridized carbons (Fsp3) is 0.932. The molecule has 0 saturated carbocycles. The number of nitrogens with one attached hydrogen (secondary N) is 1. The summed E-state index contributed by atoms with van der Waals surface area (Å²) in [4.78, 5) is 12.6. The monoisotopic (exact) mass is 694 g/mol. The lowest BCUT2D eigenvalue weighted by Gasteiger charge is -2.22. The maximum absolute atomic E-state index is 12.6. The number of ether oxygens (including phenoxy) is 2. The molecule has 0 rings (SSSR count). The van der Waals surface area contributed by atoms with Gasteiger partial charge in [0.05, 0.1) is 12.2 Å². The van der Waals surface area contributed by atoms with Crippen LogP contribution < -0.4 is 5.32 Å². The lowest BCUT2D eigenvalue weighted by atomic mass is 10.0. The number of alkyl carbamates (subject to hydrolysis) is 1. The van der Waals surface area contributed by atoms with Gasteiger partial charge in [-0.1, -0.05) is 174 Å². The normalized spacial score (nSPS) is 12.6. The van der Waals surface area contributed by atoms with Gasteiger partial charge in [-0.15, -0.1) is 0 Å². The van der Waals surface area contributed by atoms with Gasteiger partial charge >= 0.3 is 6.09 Å². The number of hydrogen-bond donors (Lipinski definition) is 2. The third-order valence-electron chi connectivity index (χ3n) is 9.91. The fourth-order valence-corrected chi connectivity index (χ4v) is 6.47. The molecule has 0 saturated heterocycles. The van der Waals surface area contributed by atoms with Crippen LogP contribution in [-0.4, -0.2) is 42.7 Å². The molecule has 0 radical (unpaired) electrons. The number of carbonyl (C=O) groups excluding carboxylic acids is 1. The SMILES string of the molecule is CCCCCCCC/C=C\CCCCCCCC(CCCCCCCCCCCCCCCCCC)OC(=O)NCCCOC(C)(C)CO. The number of allylic oxidation sites excluding steroid dienone is 2. The van der Waals surface area contributed by atoms with Gasteiger partial charge in [0.1, 0.15) is 6.10 Å². The number of aliphatic hydroxyl groups is 1. The predicted octanol–water partition coefficient (Wildman–Crippen LogP) is 13.9. The van der Waals surface area contributed by atoms with Crippen LogP contribution in [0.5, 0.6) is 0 Å². The van der Waals surface area contributed by atoms with Crippen molar-refractivity contribution in [2.45, 2.75) is 245 Å². The van der Waals surface area contributed by atoms with Crippen molar-refractivity contribution in [3.63, 3.8) is 0 Å². The van der Waals surface area contributed by atoms with Crippen LogP contribution in [0.1, 0.15) is 233 Å². The highest BCUT2D eigenvalue weighted by atomic mass is 16.6. The molecule has 1 atom stereocenters. The lowest BCUT2D eigenvalue weighted by Crippen LogP contribution is -2.32. The molecule has 1 amide bonds. The largest absolute Gasteiger partial charge is 0.446 e. The summed E-state index contributed by atoms with van der Waals surface area (Å²) in [6.07, 6.45) is 46.0. The summed E-state index contributed by atoms with van der Waals surface area (Å²) in [6, 6.07) is 0. The molecule has 5 heteroatoms. The zero-order chi connectivity index (χ0) is 35.9. The zero-order valence-electron chi connectivity index (χ0n) is 33.7. The summed E-state index contributed by atoms with van der Waals surface area (Å²) in [7, 11) is 0. The zero-order valence-corrected chi connectivity index (χ0v) is 33.7. The molecule has 0 aliphatic carbocycles. The summed E-state index contributed by atoms with van der Waals surface area (Å²) in [6.45, 7) is 9.32. The Hall–Kier alpha value is -1.07. The first-order valence-electron chi connectivity index (χ1n) is 21.8. The number of aliphatic hydroxyl groups excluding tert-OH is 1. The van der Waals surface area contributed by atoms with E-state index < -0.39 is 5.60 Å². The highest BCUT2D eigenvalue weighted by molar-refractivity contribution is 5.67. The van der Waals surface area contributed by atoms with Gasteiger partial charge in [0.15, 0.2) is 0 Å². The van der Waals surface area contributed by atoms with Crippen molar-refractivity contribution in [3.8, 4) is 0 Å². The highest BCUT2D eigenvalue weighted by Crippen LogP contribution is 2.18. The Morgan fingerprint density at radius 3 is 1.33 bits per heavy atom. The van der Waals surface area contributed by atoms with Crippen molar-refractivity contribution < 1.29 is 19.4 Å². The van der Waals surface area contributed by atoms with E-state index in [2.05, 4.69) is 31.3 Å². The quantitative estimate of drug-likeness (QED) is 0.0497. The maximum atomic E-state index is 12.6. The molecule has 292 valence electrons. The molecule has 0 fully saturated rings. The number of hydrogen-bond acceptors (Lipinski definition) is 4. The van der Waals surface area contributed by atoms with E-state index in [1.807, 2.05) is 13.8 Å². The molecule has 2 N–H and O–H groups in total. The van der Waals surface area contributed by atoms with Crippen LogP contribution in [0.25, 0.3) is 0 Å². The van der Waals surface area contributed by atoms with Gasteiger partial charge in [-0.05, 0) is 71.6 Å². The van der Waals surface area contributed by atoms with E-state index in [-0.39, 0.29) is 18.8 Å². The van der Waals surface area contributed by atoms with Crippen molar-refractivity contribution in [2.24, 2.45) is 0 Å². The predicted molar refractivity (Wildman–Crippen MR) is 214 cm³/mol. The van der Waals surface area contributed by atoms with E-state index in [1.54, 1.807) is 0 Å². The molecular weight excluding hydrogens is 606 g/mol. The van der Waals surface area contributed by atoms with Crippen LogP contribution >= 0.6 is 0 Å².